The highest BCUT2D eigenvalue weighted by Crippen LogP contribution is 2.42. The lowest BCUT2D eigenvalue weighted by atomic mass is 10.1. The van der Waals surface area contributed by atoms with Crippen LogP contribution < -0.4 is 0 Å². The number of aryl methyl sites for hydroxylation is 2. The van der Waals surface area contributed by atoms with Gasteiger partial charge in [-0.1, -0.05) is 35.3 Å². The van der Waals surface area contributed by atoms with E-state index in [-0.39, 0.29) is 11.3 Å². The number of halogens is 2. The Morgan fingerprint density at radius 2 is 1.91 bits per heavy atom. The fourth-order valence-corrected chi connectivity index (χ4v) is 4.55. The number of carbonyl (C=O) groups is 1. The third-order valence-electron chi connectivity index (χ3n) is 4.13. The van der Waals surface area contributed by atoms with E-state index in [9.17, 15) is 4.79 Å². The quantitative estimate of drug-likeness (QED) is 0.700. The molecule has 0 aromatic heterocycles. The highest BCUT2D eigenvalue weighted by Gasteiger charge is 2.32. The standard InChI is InChI=1S/C18H17Cl2NOS/c1-11-3-4-13(9-12(11)2)17(22)21-7-8-23-18(21)15-6-5-14(19)10-16(15)20/h3-6,9-10,18H,7-8H2,1-2H3. The first kappa shape index (κ1) is 16.7. The van der Waals surface area contributed by atoms with Gasteiger partial charge in [0.1, 0.15) is 5.37 Å². The average molecular weight is 366 g/mol. The van der Waals surface area contributed by atoms with Gasteiger partial charge in [0.25, 0.3) is 5.91 Å². The zero-order chi connectivity index (χ0) is 16.6. The number of amides is 1. The molecule has 1 atom stereocenters. The van der Waals surface area contributed by atoms with Crippen LogP contribution in [0.3, 0.4) is 0 Å². The van der Waals surface area contributed by atoms with Gasteiger partial charge in [-0.3, -0.25) is 4.79 Å². The molecule has 1 amide bonds. The number of nitrogens with zero attached hydrogens (tertiary/aromatic N) is 1. The summed E-state index contributed by atoms with van der Waals surface area (Å²) in [5.74, 6) is 0.953. The van der Waals surface area contributed by atoms with Crippen molar-refractivity contribution in [1.82, 2.24) is 4.90 Å². The Morgan fingerprint density at radius 1 is 1.13 bits per heavy atom. The third-order valence-corrected chi connectivity index (χ3v) is 5.94. The molecule has 23 heavy (non-hydrogen) atoms. The van der Waals surface area contributed by atoms with E-state index in [0.29, 0.717) is 10.0 Å². The zero-order valence-corrected chi connectivity index (χ0v) is 15.3. The Kier molecular flexibility index (Phi) is 4.90. The number of hydrogen-bond donors (Lipinski definition) is 0. The number of benzene rings is 2. The Labute approximate surface area is 150 Å². The van der Waals surface area contributed by atoms with Gasteiger partial charge in [0.15, 0.2) is 0 Å². The molecule has 3 rings (SSSR count). The van der Waals surface area contributed by atoms with Crippen LogP contribution in [0.2, 0.25) is 10.0 Å². The van der Waals surface area contributed by atoms with Crippen molar-refractivity contribution in [3.8, 4) is 0 Å². The fourth-order valence-electron chi connectivity index (χ4n) is 2.68. The molecule has 1 fully saturated rings. The normalized spacial score (nSPS) is 17.6. The SMILES string of the molecule is Cc1ccc(C(=O)N2CCSC2c2ccc(Cl)cc2Cl)cc1C. The molecule has 0 N–H and O–H groups in total. The Bertz CT molecular complexity index is 763. The van der Waals surface area contributed by atoms with E-state index in [1.54, 1.807) is 17.8 Å². The topological polar surface area (TPSA) is 20.3 Å². The number of hydrogen-bond acceptors (Lipinski definition) is 2. The summed E-state index contributed by atoms with van der Waals surface area (Å²) in [5, 5.41) is 1.15. The highest BCUT2D eigenvalue weighted by molar-refractivity contribution is 7.99. The minimum atomic E-state index is -0.0612. The summed E-state index contributed by atoms with van der Waals surface area (Å²) in [5.41, 5.74) is 3.99. The Hall–Kier alpha value is -1.16. The van der Waals surface area contributed by atoms with Crippen LogP contribution in [-0.2, 0) is 0 Å². The lowest BCUT2D eigenvalue weighted by Crippen LogP contribution is -2.30. The predicted octanol–water partition coefficient (Wildman–Crippen LogP) is 5.50. The van der Waals surface area contributed by atoms with E-state index in [4.69, 9.17) is 23.2 Å². The largest absolute Gasteiger partial charge is 0.322 e. The third kappa shape index (κ3) is 3.37. The summed E-state index contributed by atoms with van der Waals surface area (Å²) >= 11 is 14.0. The van der Waals surface area contributed by atoms with E-state index in [1.807, 2.05) is 49.1 Å². The molecule has 1 heterocycles. The van der Waals surface area contributed by atoms with Crippen LogP contribution >= 0.6 is 35.0 Å². The molecule has 2 nitrogen and oxygen atoms in total. The maximum absolute atomic E-state index is 12.9. The van der Waals surface area contributed by atoms with E-state index in [2.05, 4.69) is 0 Å². The molecule has 0 radical (unpaired) electrons. The van der Waals surface area contributed by atoms with Gasteiger partial charge < -0.3 is 4.90 Å². The summed E-state index contributed by atoms with van der Waals surface area (Å²) < 4.78 is 0. The molecule has 1 aliphatic rings. The van der Waals surface area contributed by atoms with Gasteiger partial charge in [-0.2, -0.15) is 0 Å². The molecule has 1 unspecified atom stereocenters. The number of thioether (sulfide) groups is 1. The molecule has 1 aliphatic heterocycles. The average Bonchev–Trinajstić information content (AvgIpc) is 2.98. The number of carbonyl (C=O) groups excluding carboxylic acids is 1. The molecular formula is C18H17Cl2NOS. The lowest BCUT2D eigenvalue weighted by molar-refractivity contribution is 0.0760. The Balaban J connectivity index is 1.91. The summed E-state index contributed by atoms with van der Waals surface area (Å²) in [6, 6.07) is 11.3. The molecule has 0 saturated carbocycles. The van der Waals surface area contributed by atoms with E-state index >= 15 is 0 Å². The first-order valence-corrected chi connectivity index (χ1v) is 9.22. The van der Waals surface area contributed by atoms with Crippen molar-refractivity contribution in [2.45, 2.75) is 19.2 Å². The summed E-state index contributed by atoms with van der Waals surface area (Å²) in [6.07, 6.45) is 0. The summed E-state index contributed by atoms with van der Waals surface area (Å²) in [4.78, 5) is 14.8. The van der Waals surface area contributed by atoms with Crippen LogP contribution in [0.15, 0.2) is 36.4 Å². The van der Waals surface area contributed by atoms with E-state index in [1.165, 1.54) is 5.56 Å². The van der Waals surface area contributed by atoms with Crippen LogP contribution in [0.1, 0.15) is 32.4 Å². The zero-order valence-electron chi connectivity index (χ0n) is 13.0. The predicted molar refractivity (Wildman–Crippen MR) is 98.6 cm³/mol. The molecular weight excluding hydrogens is 349 g/mol. The molecule has 0 spiro atoms. The van der Waals surface area contributed by atoms with Crippen LogP contribution in [-0.4, -0.2) is 23.1 Å². The summed E-state index contributed by atoms with van der Waals surface area (Å²) in [7, 11) is 0. The minimum Gasteiger partial charge on any atom is -0.322 e. The van der Waals surface area contributed by atoms with Crippen molar-refractivity contribution < 1.29 is 4.79 Å². The smallest absolute Gasteiger partial charge is 0.255 e. The Morgan fingerprint density at radius 3 is 2.61 bits per heavy atom. The van der Waals surface area contributed by atoms with Gasteiger partial charge in [-0.25, -0.2) is 0 Å². The van der Waals surface area contributed by atoms with Gasteiger partial charge in [0.05, 0.1) is 0 Å². The molecule has 0 aliphatic carbocycles. The molecule has 5 heteroatoms. The van der Waals surface area contributed by atoms with Crippen molar-refractivity contribution in [3.63, 3.8) is 0 Å². The molecule has 0 bridgehead atoms. The van der Waals surface area contributed by atoms with Crippen LogP contribution in [0.25, 0.3) is 0 Å². The van der Waals surface area contributed by atoms with Gasteiger partial charge in [0.2, 0.25) is 0 Å². The second-order valence-electron chi connectivity index (χ2n) is 5.69. The maximum atomic E-state index is 12.9. The van der Waals surface area contributed by atoms with E-state index < -0.39 is 0 Å². The first-order valence-electron chi connectivity index (χ1n) is 7.42. The molecule has 2 aromatic carbocycles. The van der Waals surface area contributed by atoms with Crippen LogP contribution in [0.4, 0.5) is 0 Å². The van der Waals surface area contributed by atoms with Crippen molar-refractivity contribution in [2.24, 2.45) is 0 Å². The van der Waals surface area contributed by atoms with Crippen LogP contribution in [0.5, 0.6) is 0 Å². The maximum Gasteiger partial charge on any atom is 0.255 e. The van der Waals surface area contributed by atoms with E-state index in [0.717, 1.165) is 29.0 Å². The van der Waals surface area contributed by atoms with Crippen molar-refractivity contribution in [1.29, 1.82) is 0 Å². The van der Waals surface area contributed by atoms with Crippen molar-refractivity contribution >= 4 is 40.9 Å². The fraction of sp³-hybridized carbons (Fsp3) is 0.278. The molecule has 1 saturated heterocycles. The second-order valence-corrected chi connectivity index (χ2v) is 7.72. The van der Waals surface area contributed by atoms with Crippen LogP contribution in [0, 0.1) is 13.8 Å². The number of rotatable bonds is 2. The molecule has 2 aromatic rings. The van der Waals surface area contributed by atoms with Gasteiger partial charge in [-0.15, -0.1) is 11.8 Å². The highest BCUT2D eigenvalue weighted by atomic mass is 35.5. The summed E-state index contributed by atoms with van der Waals surface area (Å²) in [6.45, 7) is 4.80. The minimum absolute atomic E-state index is 0.0501. The second kappa shape index (κ2) is 6.76. The van der Waals surface area contributed by atoms with Crippen molar-refractivity contribution in [2.75, 3.05) is 12.3 Å². The first-order chi connectivity index (χ1) is 11.0. The molecule has 120 valence electrons. The van der Waals surface area contributed by atoms with Gasteiger partial charge in [0, 0.05) is 33.5 Å². The lowest BCUT2D eigenvalue weighted by Gasteiger charge is -2.25. The van der Waals surface area contributed by atoms with Gasteiger partial charge >= 0.3 is 0 Å². The van der Waals surface area contributed by atoms with Crippen molar-refractivity contribution in [3.05, 3.63) is 68.7 Å². The van der Waals surface area contributed by atoms with Gasteiger partial charge in [-0.05, 0) is 49.2 Å². The monoisotopic (exact) mass is 365 g/mol.